The summed E-state index contributed by atoms with van der Waals surface area (Å²) < 4.78 is 14.7. The molecule has 1 aromatic rings. The monoisotopic (exact) mass is 423 g/mol. The summed E-state index contributed by atoms with van der Waals surface area (Å²) >= 11 is 0. The molecule has 0 heterocycles. The van der Waals surface area contributed by atoms with E-state index in [2.05, 4.69) is 90.3 Å². The van der Waals surface area contributed by atoms with Gasteiger partial charge in [-0.2, -0.15) is 0 Å². The van der Waals surface area contributed by atoms with E-state index in [9.17, 15) is 0 Å². The quantitative estimate of drug-likeness (QED) is 0.325. The Morgan fingerprint density at radius 2 is 1.36 bits per heavy atom. The largest absolute Gasteiger partial charge is 0.397 e. The van der Waals surface area contributed by atoms with Crippen molar-refractivity contribution in [1.82, 2.24) is 4.57 Å². The molecule has 162 valence electrons. The third-order valence-electron chi connectivity index (χ3n) is 6.11. The molecule has 0 atom stereocenters. The van der Waals surface area contributed by atoms with Crippen LogP contribution >= 0.6 is 0 Å². The van der Waals surface area contributed by atoms with Crippen LogP contribution < -0.4 is 0 Å². The van der Waals surface area contributed by atoms with E-state index in [4.69, 9.17) is 8.85 Å². The van der Waals surface area contributed by atoms with Gasteiger partial charge in [-0.3, -0.25) is 0 Å². The van der Waals surface area contributed by atoms with Crippen molar-refractivity contribution in [3.05, 3.63) is 35.9 Å². The van der Waals surface area contributed by atoms with Gasteiger partial charge in [0.25, 0.3) is 0 Å². The Labute approximate surface area is 177 Å². The lowest BCUT2D eigenvalue weighted by molar-refractivity contribution is 0.211. The number of hydrogen-bond acceptors (Lipinski definition) is 3. The summed E-state index contributed by atoms with van der Waals surface area (Å²) in [5.74, 6) is 0. The van der Waals surface area contributed by atoms with Crippen molar-refractivity contribution < 1.29 is 8.85 Å². The summed E-state index contributed by atoms with van der Waals surface area (Å²) in [5, 5.41) is 0. The minimum Gasteiger partial charge on any atom is -0.397 e. The lowest BCUT2D eigenvalue weighted by Gasteiger charge is -2.51. The predicted molar refractivity (Wildman–Crippen MR) is 128 cm³/mol. The second-order valence-electron chi connectivity index (χ2n) is 8.74. The van der Waals surface area contributed by atoms with E-state index in [0.717, 1.165) is 49.0 Å². The van der Waals surface area contributed by atoms with Crippen molar-refractivity contribution in [2.24, 2.45) is 0 Å². The first kappa shape index (κ1) is 25.6. The first-order valence-corrected chi connectivity index (χ1v) is 15.3. The first-order valence-electron chi connectivity index (χ1n) is 11.3. The minimum absolute atomic E-state index is 0.725. The molecule has 0 aromatic heterocycles. The molecule has 0 radical (unpaired) electrons. The van der Waals surface area contributed by atoms with Crippen LogP contribution in [-0.2, 0) is 15.4 Å². The topological polar surface area (TPSA) is 21.7 Å². The van der Waals surface area contributed by atoms with Crippen LogP contribution in [-0.4, -0.2) is 41.8 Å². The molecule has 0 amide bonds. The average Bonchev–Trinajstić information content (AvgIpc) is 2.62. The molecule has 0 spiro atoms. The number of benzene rings is 1. The third-order valence-corrected chi connectivity index (χ3v) is 15.4. The van der Waals surface area contributed by atoms with Crippen LogP contribution in [0.25, 0.3) is 0 Å². The molecule has 1 rings (SSSR count). The molecule has 0 aliphatic rings. The molecule has 0 N–H and O–H groups in total. The molecule has 0 saturated carbocycles. The highest BCUT2D eigenvalue weighted by atomic mass is 28.3. The van der Waals surface area contributed by atoms with E-state index in [1.807, 2.05) is 0 Å². The summed E-state index contributed by atoms with van der Waals surface area (Å²) in [5.41, 5.74) is 3.61. The van der Waals surface area contributed by atoms with Gasteiger partial charge in [0.1, 0.15) is 8.24 Å². The maximum atomic E-state index is 5.92. The van der Waals surface area contributed by atoms with Crippen LogP contribution in [0.5, 0.6) is 0 Å². The maximum Gasteiger partial charge on any atom is 0.321 e. The van der Waals surface area contributed by atoms with E-state index in [1.165, 1.54) is 12.0 Å². The Morgan fingerprint density at radius 1 is 0.857 bits per heavy atom. The van der Waals surface area contributed by atoms with Gasteiger partial charge < -0.3 is 13.4 Å². The van der Waals surface area contributed by atoms with Crippen molar-refractivity contribution in [3.63, 3.8) is 0 Å². The number of rotatable bonds is 14. The molecule has 28 heavy (non-hydrogen) atoms. The van der Waals surface area contributed by atoms with E-state index in [0.29, 0.717) is 0 Å². The van der Waals surface area contributed by atoms with Crippen LogP contribution in [0.1, 0.15) is 67.4 Å². The maximum absolute atomic E-state index is 5.92. The van der Waals surface area contributed by atoms with Crippen molar-refractivity contribution in [2.45, 2.75) is 91.0 Å². The summed E-state index contributed by atoms with van der Waals surface area (Å²) in [6.07, 6.45) is 1.17. The van der Waals surface area contributed by atoms with Gasteiger partial charge in [0.2, 0.25) is 0 Å². The average molecular weight is 424 g/mol. The van der Waals surface area contributed by atoms with Gasteiger partial charge in [0.15, 0.2) is 0 Å². The van der Waals surface area contributed by atoms with Gasteiger partial charge in [-0.1, -0.05) is 71.9 Å². The molecule has 0 fully saturated rings. The Hall–Kier alpha value is -0.466. The number of nitrogens with zero attached hydrogens (tertiary/aromatic N) is 1. The Bertz CT molecular complexity index is 495. The highest BCUT2D eigenvalue weighted by molar-refractivity contribution is 6.80. The van der Waals surface area contributed by atoms with Gasteiger partial charge in [-0.15, -0.1) is 0 Å². The molecular formula is C23H45NO2Si2. The SMILES string of the molecule is CCO[SiH](CCCN(Cc1ccccc1)[Si](C(C)C)(C(C)C)C(C)C)OCC. The fraction of sp³-hybridized carbons (Fsp3) is 0.739. The third kappa shape index (κ3) is 6.80. The molecule has 5 heteroatoms. The molecule has 1 aromatic carbocycles. The molecule has 0 bridgehead atoms. The molecule has 0 aliphatic carbocycles. The van der Waals surface area contributed by atoms with E-state index >= 15 is 0 Å². The van der Waals surface area contributed by atoms with Gasteiger partial charge in [0, 0.05) is 19.8 Å². The van der Waals surface area contributed by atoms with Crippen LogP contribution in [0.15, 0.2) is 30.3 Å². The highest BCUT2D eigenvalue weighted by Crippen LogP contribution is 2.44. The Balaban J connectivity index is 3.06. The van der Waals surface area contributed by atoms with E-state index < -0.39 is 17.5 Å². The first-order chi connectivity index (χ1) is 13.3. The van der Waals surface area contributed by atoms with E-state index in [-0.39, 0.29) is 0 Å². The van der Waals surface area contributed by atoms with Crippen LogP contribution in [0.3, 0.4) is 0 Å². The van der Waals surface area contributed by atoms with Gasteiger partial charge in [-0.25, -0.2) is 0 Å². The standard InChI is InChI=1S/C23H45NO2Si2/c1-9-25-27(26-10-2)18-14-17-24(19-23-15-12-11-13-16-23)28(20(3)4,21(5)6)22(7)8/h11-13,15-16,20-22,27H,9-10,14,17-19H2,1-8H3. The van der Waals surface area contributed by atoms with Crippen molar-refractivity contribution in [3.8, 4) is 0 Å². The van der Waals surface area contributed by atoms with Gasteiger partial charge in [0.05, 0.1) is 0 Å². The lowest BCUT2D eigenvalue weighted by Crippen LogP contribution is -2.60. The molecular weight excluding hydrogens is 378 g/mol. The lowest BCUT2D eigenvalue weighted by atomic mass is 10.2. The molecule has 0 unspecified atom stereocenters. The Morgan fingerprint density at radius 3 is 1.79 bits per heavy atom. The number of hydrogen-bond donors (Lipinski definition) is 0. The molecule has 3 nitrogen and oxygen atoms in total. The zero-order valence-corrected chi connectivity index (χ0v) is 21.9. The van der Waals surface area contributed by atoms with Crippen LogP contribution in [0.4, 0.5) is 0 Å². The smallest absolute Gasteiger partial charge is 0.321 e. The molecule has 0 aliphatic heterocycles. The van der Waals surface area contributed by atoms with Gasteiger partial charge >= 0.3 is 9.28 Å². The fourth-order valence-corrected chi connectivity index (χ4v) is 14.2. The summed E-state index contributed by atoms with van der Waals surface area (Å²) in [4.78, 5) is 0. The normalized spacial score (nSPS) is 12.9. The molecule has 0 saturated heterocycles. The fourth-order valence-electron chi connectivity index (χ4n) is 5.34. The van der Waals surface area contributed by atoms with Crippen molar-refractivity contribution in [2.75, 3.05) is 19.8 Å². The van der Waals surface area contributed by atoms with Crippen LogP contribution in [0.2, 0.25) is 22.7 Å². The summed E-state index contributed by atoms with van der Waals surface area (Å²) in [6.45, 7) is 22.7. The Kier molecular flexibility index (Phi) is 11.8. The zero-order chi connectivity index (χ0) is 21.2. The second kappa shape index (κ2) is 13.0. The second-order valence-corrected chi connectivity index (χ2v) is 16.7. The highest BCUT2D eigenvalue weighted by Gasteiger charge is 2.47. The predicted octanol–water partition coefficient (Wildman–Crippen LogP) is 6.35. The van der Waals surface area contributed by atoms with Crippen molar-refractivity contribution in [1.29, 1.82) is 0 Å². The van der Waals surface area contributed by atoms with E-state index in [1.54, 1.807) is 0 Å². The van der Waals surface area contributed by atoms with Crippen molar-refractivity contribution >= 4 is 17.5 Å². The zero-order valence-electron chi connectivity index (χ0n) is 19.7. The summed E-state index contributed by atoms with van der Waals surface area (Å²) in [7, 11) is -3.20. The van der Waals surface area contributed by atoms with Crippen LogP contribution in [0, 0.1) is 0 Å². The summed E-state index contributed by atoms with van der Waals surface area (Å²) in [6, 6.07) is 12.1. The minimum atomic E-state index is -1.68. The van der Waals surface area contributed by atoms with Gasteiger partial charge in [-0.05, 0) is 55.0 Å².